The van der Waals surface area contributed by atoms with E-state index in [9.17, 15) is 14.4 Å². The van der Waals surface area contributed by atoms with Gasteiger partial charge >= 0.3 is 6.03 Å². The number of methoxy groups -OCH3 is 1. The number of benzene rings is 2. The summed E-state index contributed by atoms with van der Waals surface area (Å²) < 4.78 is 5.31. The van der Waals surface area contributed by atoms with Gasteiger partial charge in [0.25, 0.3) is 5.91 Å². The molecule has 1 N–H and O–H groups in total. The van der Waals surface area contributed by atoms with Crippen LogP contribution in [0.5, 0.6) is 5.75 Å². The number of Topliss-reactive ketones (excluding diaryl/α,β-unsaturated/α-hetero) is 1. The van der Waals surface area contributed by atoms with E-state index < -0.39 is 11.6 Å². The zero-order chi connectivity index (χ0) is 19.8. The number of carbonyl (C=O) groups excluding carboxylic acids is 3. The van der Waals surface area contributed by atoms with E-state index in [1.807, 2.05) is 0 Å². The Balaban J connectivity index is 1.93. The number of imide groups is 1. The minimum atomic E-state index is -1.19. The number of halogens is 1. The second-order valence-corrected chi connectivity index (χ2v) is 6.97. The van der Waals surface area contributed by atoms with Crippen LogP contribution in [0.2, 0.25) is 5.02 Å². The highest BCUT2D eigenvalue weighted by molar-refractivity contribution is 6.30. The number of hydrogen-bond donors (Lipinski definition) is 1. The predicted octanol–water partition coefficient (Wildman–Crippen LogP) is 3.52. The van der Waals surface area contributed by atoms with Gasteiger partial charge in [0.15, 0.2) is 5.78 Å². The Morgan fingerprint density at radius 1 is 1.19 bits per heavy atom. The highest BCUT2D eigenvalue weighted by Crippen LogP contribution is 2.32. The Kier molecular flexibility index (Phi) is 4.93. The lowest BCUT2D eigenvalue weighted by atomic mass is 9.92. The van der Waals surface area contributed by atoms with Gasteiger partial charge in [-0.3, -0.25) is 14.5 Å². The van der Waals surface area contributed by atoms with Crippen molar-refractivity contribution in [2.24, 2.45) is 0 Å². The number of rotatable bonds is 5. The van der Waals surface area contributed by atoms with Crippen molar-refractivity contribution in [1.82, 2.24) is 10.2 Å². The minimum absolute atomic E-state index is 0.00185. The number of ether oxygens (including phenoxy) is 1. The first-order valence-corrected chi connectivity index (χ1v) is 8.72. The molecule has 1 fully saturated rings. The summed E-state index contributed by atoms with van der Waals surface area (Å²) in [7, 11) is 1.50. The zero-order valence-electron chi connectivity index (χ0n) is 15.2. The highest BCUT2D eigenvalue weighted by atomic mass is 35.5. The molecule has 1 heterocycles. The lowest BCUT2D eigenvalue weighted by Gasteiger charge is -2.22. The molecule has 2 aromatic rings. The zero-order valence-corrected chi connectivity index (χ0v) is 16.0. The lowest BCUT2D eigenvalue weighted by Crippen LogP contribution is -2.40. The molecule has 7 heteroatoms. The topological polar surface area (TPSA) is 75.7 Å². The molecule has 6 nitrogen and oxygen atoms in total. The highest BCUT2D eigenvalue weighted by Gasteiger charge is 2.49. The molecule has 0 aliphatic carbocycles. The Hall–Kier alpha value is -2.86. The van der Waals surface area contributed by atoms with Crippen LogP contribution in [0.4, 0.5) is 4.79 Å². The number of nitrogens with one attached hydrogen (secondary N) is 1. The van der Waals surface area contributed by atoms with Crippen molar-refractivity contribution in [3.63, 3.8) is 0 Å². The van der Waals surface area contributed by atoms with Crippen molar-refractivity contribution in [2.75, 3.05) is 7.11 Å². The van der Waals surface area contributed by atoms with Gasteiger partial charge in [0, 0.05) is 16.1 Å². The Morgan fingerprint density at radius 3 is 2.44 bits per heavy atom. The van der Waals surface area contributed by atoms with Crippen molar-refractivity contribution in [2.45, 2.75) is 25.9 Å². The molecule has 0 saturated carbocycles. The fraction of sp³-hybridized carbons (Fsp3) is 0.250. The van der Waals surface area contributed by atoms with Crippen LogP contribution in [0.25, 0.3) is 0 Å². The molecule has 1 aliphatic rings. The number of carbonyl (C=O) groups is 3. The maximum atomic E-state index is 13.0. The summed E-state index contributed by atoms with van der Waals surface area (Å²) in [6.07, 6.45) is 0. The van der Waals surface area contributed by atoms with Crippen LogP contribution in [0.1, 0.15) is 35.3 Å². The number of urea groups is 1. The first-order chi connectivity index (χ1) is 12.8. The molecular weight excluding hydrogens is 368 g/mol. The summed E-state index contributed by atoms with van der Waals surface area (Å²) in [5, 5.41) is 3.29. The number of ketones is 1. The molecule has 0 aromatic heterocycles. The summed E-state index contributed by atoms with van der Waals surface area (Å²) >= 11 is 5.91. The maximum absolute atomic E-state index is 13.0. The van der Waals surface area contributed by atoms with Gasteiger partial charge in [-0.2, -0.15) is 0 Å². The summed E-state index contributed by atoms with van der Waals surface area (Å²) in [4.78, 5) is 38.4. The monoisotopic (exact) mass is 386 g/mol. The van der Waals surface area contributed by atoms with Crippen LogP contribution in [-0.2, 0) is 16.9 Å². The molecule has 27 heavy (non-hydrogen) atoms. The normalized spacial score (nSPS) is 19.2. The Morgan fingerprint density at radius 2 is 1.85 bits per heavy atom. The summed E-state index contributed by atoms with van der Waals surface area (Å²) in [6, 6.07) is 11.2. The van der Waals surface area contributed by atoms with Gasteiger partial charge in [-0.05, 0) is 49.7 Å². The fourth-order valence-electron chi connectivity index (χ4n) is 3.11. The molecule has 1 aliphatic heterocycles. The van der Waals surface area contributed by atoms with Gasteiger partial charge in [0.05, 0.1) is 13.7 Å². The van der Waals surface area contributed by atoms with Crippen LogP contribution in [-0.4, -0.2) is 29.7 Å². The van der Waals surface area contributed by atoms with Gasteiger partial charge in [0.1, 0.15) is 11.3 Å². The molecule has 0 bridgehead atoms. The molecule has 1 saturated heterocycles. The number of nitrogens with zero attached hydrogens (tertiary/aromatic N) is 1. The van der Waals surface area contributed by atoms with Gasteiger partial charge in [0.2, 0.25) is 0 Å². The summed E-state index contributed by atoms with van der Waals surface area (Å²) in [5.74, 6) is 0.00732. The second-order valence-electron chi connectivity index (χ2n) is 6.54. The largest absolute Gasteiger partial charge is 0.496 e. The third-order valence-electron chi connectivity index (χ3n) is 4.71. The van der Waals surface area contributed by atoms with Crippen LogP contribution < -0.4 is 10.1 Å². The molecular formula is C20H19ClN2O4. The van der Waals surface area contributed by atoms with E-state index in [0.29, 0.717) is 27.5 Å². The molecule has 1 atom stereocenters. The fourth-order valence-corrected chi connectivity index (χ4v) is 3.24. The minimum Gasteiger partial charge on any atom is -0.496 e. The van der Waals surface area contributed by atoms with E-state index in [1.165, 1.54) is 14.0 Å². The van der Waals surface area contributed by atoms with Crippen molar-refractivity contribution < 1.29 is 19.1 Å². The molecule has 0 radical (unpaired) electrons. The van der Waals surface area contributed by atoms with Gasteiger partial charge in [-0.25, -0.2) is 4.79 Å². The Labute approximate surface area is 162 Å². The van der Waals surface area contributed by atoms with Crippen LogP contribution in [0, 0.1) is 0 Å². The number of amides is 3. The third kappa shape index (κ3) is 3.40. The molecule has 2 aromatic carbocycles. The van der Waals surface area contributed by atoms with E-state index in [-0.39, 0.29) is 18.2 Å². The van der Waals surface area contributed by atoms with E-state index in [0.717, 1.165) is 4.90 Å². The van der Waals surface area contributed by atoms with E-state index in [1.54, 1.807) is 49.4 Å². The summed E-state index contributed by atoms with van der Waals surface area (Å²) in [6.45, 7) is 3.11. The first kappa shape index (κ1) is 18.9. The van der Waals surface area contributed by atoms with Gasteiger partial charge in [-0.1, -0.05) is 23.7 Å². The van der Waals surface area contributed by atoms with Crippen LogP contribution in [0.3, 0.4) is 0 Å². The van der Waals surface area contributed by atoms with E-state index >= 15 is 0 Å². The molecule has 3 rings (SSSR count). The van der Waals surface area contributed by atoms with Crippen LogP contribution in [0.15, 0.2) is 42.5 Å². The van der Waals surface area contributed by atoms with Gasteiger partial charge in [-0.15, -0.1) is 0 Å². The SMILES string of the molecule is COc1ccc(C(C)=O)cc1CN1C(=O)N[C@](C)(c2ccc(Cl)cc2)C1=O. The second kappa shape index (κ2) is 7.04. The molecule has 0 unspecified atom stereocenters. The Bertz CT molecular complexity index is 926. The average molecular weight is 387 g/mol. The lowest BCUT2D eigenvalue weighted by molar-refractivity contribution is -0.131. The standard InChI is InChI=1S/C20H19ClN2O4/c1-12(24)13-4-9-17(27-3)14(10-13)11-23-18(25)20(2,22-19(23)26)15-5-7-16(21)8-6-15/h4-10H,11H2,1-3H3,(H,22,26)/t20-/m1/s1. The van der Waals surface area contributed by atoms with E-state index in [2.05, 4.69) is 5.32 Å². The predicted molar refractivity (Wildman–Crippen MR) is 101 cm³/mol. The van der Waals surface area contributed by atoms with E-state index in [4.69, 9.17) is 16.3 Å². The molecule has 140 valence electrons. The van der Waals surface area contributed by atoms with Crippen molar-refractivity contribution in [3.8, 4) is 5.75 Å². The quantitative estimate of drug-likeness (QED) is 0.630. The van der Waals surface area contributed by atoms with Gasteiger partial charge < -0.3 is 10.1 Å². The first-order valence-electron chi connectivity index (χ1n) is 8.34. The number of hydrogen-bond acceptors (Lipinski definition) is 4. The smallest absolute Gasteiger partial charge is 0.325 e. The van der Waals surface area contributed by atoms with Crippen molar-refractivity contribution in [3.05, 3.63) is 64.2 Å². The van der Waals surface area contributed by atoms with Crippen LogP contribution >= 0.6 is 11.6 Å². The van der Waals surface area contributed by atoms with Crippen molar-refractivity contribution in [1.29, 1.82) is 0 Å². The average Bonchev–Trinajstić information content (AvgIpc) is 2.86. The molecule has 3 amide bonds. The third-order valence-corrected chi connectivity index (χ3v) is 4.96. The summed E-state index contributed by atoms with van der Waals surface area (Å²) in [5.41, 5.74) is 0.511. The maximum Gasteiger partial charge on any atom is 0.325 e. The van der Waals surface area contributed by atoms with Crippen molar-refractivity contribution >= 4 is 29.3 Å². The molecule has 0 spiro atoms.